The number of fused-ring (bicyclic) bond motifs is 2. The minimum absolute atomic E-state index is 0.0203. The van der Waals surface area contributed by atoms with Crippen molar-refractivity contribution in [2.75, 3.05) is 13.7 Å². The number of ether oxygens (including phenoxy) is 4. The average Bonchev–Trinajstić information content (AvgIpc) is 2.94. The Labute approximate surface area is 132 Å². The van der Waals surface area contributed by atoms with E-state index in [1.165, 1.54) is 5.56 Å². The predicted octanol–water partition coefficient (Wildman–Crippen LogP) is 3.29. The van der Waals surface area contributed by atoms with Crippen molar-refractivity contribution < 1.29 is 18.9 Å². The first-order valence-corrected chi connectivity index (χ1v) is 8.27. The molecule has 0 aromatic heterocycles. The summed E-state index contributed by atoms with van der Waals surface area (Å²) in [5, 5.41) is 0. The largest absolute Gasteiger partial charge is 0.376 e. The van der Waals surface area contributed by atoms with E-state index in [1.54, 1.807) is 7.11 Å². The highest BCUT2D eigenvalue weighted by molar-refractivity contribution is 5.13. The van der Waals surface area contributed by atoms with E-state index in [9.17, 15) is 0 Å². The maximum atomic E-state index is 6.22. The Balaban J connectivity index is 1.62. The molecule has 2 heterocycles. The van der Waals surface area contributed by atoms with Crippen LogP contribution in [-0.4, -0.2) is 37.8 Å². The fourth-order valence-corrected chi connectivity index (χ4v) is 3.39. The van der Waals surface area contributed by atoms with Gasteiger partial charge in [0.15, 0.2) is 5.79 Å². The van der Waals surface area contributed by atoms with Crippen molar-refractivity contribution in [3.63, 3.8) is 0 Å². The Morgan fingerprint density at radius 1 is 1.27 bits per heavy atom. The summed E-state index contributed by atoms with van der Waals surface area (Å²) in [6.45, 7) is 3.38. The summed E-state index contributed by atoms with van der Waals surface area (Å²) in [5.41, 5.74) is 1.18. The molecule has 3 rings (SSSR count). The number of benzene rings is 1. The number of rotatable bonds is 7. The molecule has 0 N–H and O–H groups in total. The first kappa shape index (κ1) is 15.9. The van der Waals surface area contributed by atoms with E-state index in [4.69, 9.17) is 18.9 Å². The molecule has 1 aromatic rings. The topological polar surface area (TPSA) is 36.9 Å². The van der Waals surface area contributed by atoms with Crippen LogP contribution in [0.3, 0.4) is 0 Å². The van der Waals surface area contributed by atoms with Gasteiger partial charge in [-0.3, -0.25) is 0 Å². The summed E-state index contributed by atoms with van der Waals surface area (Å²) < 4.78 is 24.0. The normalized spacial score (nSPS) is 34.0. The molecule has 0 spiro atoms. The van der Waals surface area contributed by atoms with E-state index in [1.807, 2.05) is 18.2 Å². The van der Waals surface area contributed by atoms with Gasteiger partial charge in [0.2, 0.25) is 0 Å². The standard InChI is InChI=1S/C18H26O4/c1-3-4-10-18-17(19-2)11-15(16(22-18)13-21-18)20-12-14-8-6-5-7-9-14/h5-9,15-17H,3-4,10-13H2,1-2H3/t15-,16+,17+,18?/m0/s1. The summed E-state index contributed by atoms with van der Waals surface area (Å²) in [7, 11) is 1.73. The van der Waals surface area contributed by atoms with Crippen LogP contribution in [0.5, 0.6) is 0 Å². The average molecular weight is 306 g/mol. The molecule has 1 aromatic carbocycles. The molecule has 0 aliphatic carbocycles. The second-order valence-corrected chi connectivity index (χ2v) is 6.18. The van der Waals surface area contributed by atoms with Crippen LogP contribution < -0.4 is 0 Å². The maximum absolute atomic E-state index is 6.22. The summed E-state index contributed by atoms with van der Waals surface area (Å²) in [5.74, 6) is -0.554. The fraction of sp³-hybridized carbons (Fsp3) is 0.667. The minimum Gasteiger partial charge on any atom is -0.376 e. The molecule has 0 saturated carbocycles. The summed E-state index contributed by atoms with van der Waals surface area (Å²) in [6, 6.07) is 10.2. The zero-order chi connectivity index (χ0) is 15.4. The lowest BCUT2D eigenvalue weighted by atomic mass is 9.94. The fourth-order valence-electron chi connectivity index (χ4n) is 3.39. The second kappa shape index (κ2) is 7.09. The quantitative estimate of drug-likeness (QED) is 0.774. The van der Waals surface area contributed by atoms with Crippen LogP contribution in [0.4, 0.5) is 0 Å². The predicted molar refractivity (Wildman–Crippen MR) is 83.5 cm³/mol. The Morgan fingerprint density at radius 2 is 2.09 bits per heavy atom. The molecule has 122 valence electrons. The number of hydrogen-bond acceptors (Lipinski definition) is 4. The van der Waals surface area contributed by atoms with Gasteiger partial charge >= 0.3 is 0 Å². The molecule has 0 amide bonds. The molecule has 4 atom stereocenters. The lowest BCUT2D eigenvalue weighted by Gasteiger charge is -2.41. The molecule has 2 saturated heterocycles. The van der Waals surface area contributed by atoms with Gasteiger partial charge in [-0.25, -0.2) is 0 Å². The lowest BCUT2D eigenvalue weighted by molar-refractivity contribution is -0.277. The van der Waals surface area contributed by atoms with Crippen LogP contribution >= 0.6 is 0 Å². The third-order valence-corrected chi connectivity index (χ3v) is 4.66. The first-order valence-electron chi connectivity index (χ1n) is 8.27. The second-order valence-electron chi connectivity index (χ2n) is 6.18. The van der Waals surface area contributed by atoms with Crippen molar-refractivity contribution in [1.82, 2.24) is 0 Å². The monoisotopic (exact) mass is 306 g/mol. The molecule has 2 aliphatic heterocycles. The molecular formula is C18H26O4. The van der Waals surface area contributed by atoms with Crippen LogP contribution in [0.15, 0.2) is 30.3 Å². The van der Waals surface area contributed by atoms with Gasteiger partial charge in [0.25, 0.3) is 0 Å². The molecule has 2 aliphatic rings. The molecular weight excluding hydrogens is 280 g/mol. The van der Waals surface area contributed by atoms with Crippen molar-refractivity contribution >= 4 is 0 Å². The molecule has 4 nitrogen and oxygen atoms in total. The van der Waals surface area contributed by atoms with Gasteiger partial charge in [-0.1, -0.05) is 43.7 Å². The zero-order valence-corrected chi connectivity index (χ0v) is 13.5. The highest BCUT2D eigenvalue weighted by atomic mass is 16.8. The SMILES string of the molecule is CCCCC12OC[C@@H](O1)[C@@H](OCc1ccccc1)C[C@H]2OC. The van der Waals surface area contributed by atoms with E-state index >= 15 is 0 Å². The van der Waals surface area contributed by atoms with Crippen LogP contribution in [0.1, 0.15) is 38.2 Å². The maximum Gasteiger partial charge on any atom is 0.195 e. The van der Waals surface area contributed by atoms with Crippen molar-refractivity contribution in [1.29, 1.82) is 0 Å². The Kier molecular flexibility index (Phi) is 5.14. The van der Waals surface area contributed by atoms with Crippen molar-refractivity contribution in [2.24, 2.45) is 0 Å². The highest BCUT2D eigenvalue weighted by Gasteiger charge is 2.55. The van der Waals surface area contributed by atoms with E-state index in [2.05, 4.69) is 19.1 Å². The van der Waals surface area contributed by atoms with E-state index in [0.29, 0.717) is 13.2 Å². The number of hydrogen-bond donors (Lipinski definition) is 0. The van der Waals surface area contributed by atoms with E-state index < -0.39 is 5.79 Å². The minimum atomic E-state index is -0.554. The van der Waals surface area contributed by atoms with Gasteiger partial charge < -0.3 is 18.9 Å². The van der Waals surface area contributed by atoms with Gasteiger partial charge in [-0.15, -0.1) is 0 Å². The van der Waals surface area contributed by atoms with Crippen LogP contribution in [0.25, 0.3) is 0 Å². The first-order chi connectivity index (χ1) is 10.8. The van der Waals surface area contributed by atoms with Crippen LogP contribution in [-0.2, 0) is 25.6 Å². The van der Waals surface area contributed by atoms with Crippen molar-refractivity contribution in [3.8, 4) is 0 Å². The highest BCUT2D eigenvalue weighted by Crippen LogP contribution is 2.42. The molecule has 2 fully saturated rings. The third kappa shape index (κ3) is 3.20. The van der Waals surface area contributed by atoms with E-state index in [-0.39, 0.29) is 18.3 Å². The summed E-state index contributed by atoms with van der Waals surface area (Å²) in [4.78, 5) is 0. The van der Waals surface area contributed by atoms with Gasteiger partial charge in [0.05, 0.1) is 19.3 Å². The molecule has 0 radical (unpaired) electrons. The van der Waals surface area contributed by atoms with Crippen molar-refractivity contribution in [2.45, 2.75) is 63.3 Å². The number of methoxy groups -OCH3 is 1. The Hall–Kier alpha value is -0.940. The molecule has 2 bridgehead atoms. The molecule has 22 heavy (non-hydrogen) atoms. The smallest absolute Gasteiger partial charge is 0.195 e. The zero-order valence-electron chi connectivity index (χ0n) is 13.5. The molecule has 4 heteroatoms. The van der Waals surface area contributed by atoms with Crippen molar-refractivity contribution in [3.05, 3.63) is 35.9 Å². The Bertz CT molecular complexity index is 463. The molecule has 1 unspecified atom stereocenters. The van der Waals surface area contributed by atoms with E-state index in [0.717, 1.165) is 25.7 Å². The lowest BCUT2D eigenvalue weighted by Crippen LogP contribution is -2.52. The number of unbranched alkanes of at least 4 members (excludes halogenated alkanes) is 1. The Morgan fingerprint density at radius 3 is 2.82 bits per heavy atom. The van der Waals surface area contributed by atoms with Gasteiger partial charge in [-0.2, -0.15) is 0 Å². The van der Waals surface area contributed by atoms with Crippen LogP contribution in [0.2, 0.25) is 0 Å². The van der Waals surface area contributed by atoms with Gasteiger partial charge in [0, 0.05) is 20.0 Å². The van der Waals surface area contributed by atoms with Gasteiger partial charge in [-0.05, 0) is 12.0 Å². The summed E-state index contributed by atoms with van der Waals surface area (Å²) >= 11 is 0. The van der Waals surface area contributed by atoms with Gasteiger partial charge in [0.1, 0.15) is 12.2 Å². The van der Waals surface area contributed by atoms with Crippen LogP contribution in [0, 0.1) is 0 Å². The summed E-state index contributed by atoms with van der Waals surface area (Å²) in [6.07, 6.45) is 3.93. The third-order valence-electron chi connectivity index (χ3n) is 4.66.